The van der Waals surface area contributed by atoms with Crippen molar-refractivity contribution in [2.75, 3.05) is 20.1 Å². The van der Waals surface area contributed by atoms with Gasteiger partial charge in [-0.3, -0.25) is 0 Å². The number of nitrogens with one attached hydrogen (secondary N) is 1. The lowest BCUT2D eigenvalue weighted by Crippen LogP contribution is -2.35. The smallest absolute Gasteiger partial charge is 0.0641 e. The van der Waals surface area contributed by atoms with E-state index in [4.69, 9.17) is 5.26 Å². The summed E-state index contributed by atoms with van der Waals surface area (Å²) in [4.78, 5) is 2.29. The molecule has 1 N–H and O–H groups in total. The second kappa shape index (κ2) is 7.86. The molecule has 0 saturated heterocycles. The van der Waals surface area contributed by atoms with Crippen LogP contribution in [-0.2, 0) is 0 Å². The number of nitrogens with zero attached hydrogens (tertiary/aromatic N) is 2. The maximum Gasteiger partial charge on any atom is 0.0641 e. The van der Waals surface area contributed by atoms with Gasteiger partial charge in [0.2, 0.25) is 0 Å². The van der Waals surface area contributed by atoms with Crippen LogP contribution in [0.15, 0.2) is 30.3 Å². The molecule has 0 saturated carbocycles. The van der Waals surface area contributed by atoms with Crippen LogP contribution in [0.25, 0.3) is 0 Å². The van der Waals surface area contributed by atoms with E-state index in [0.29, 0.717) is 12.5 Å². The topological polar surface area (TPSA) is 39.1 Å². The molecule has 0 bridgehead atoms. The molecule has 1 rings (SSSR count). The highest BCUT2D eigenvalue weighted by atomic mass is 15.1. The van der Waals surface area contributed by atoms with E-state index in [1.807, 2.05) is 18.2 Å². The number of hydrogen-bond acceptors (Lipinski definition) is 3. The van der Waals surface area contributed by atoms with Crippen molar-refractivity contribution in [3.63, 3.8) is 0 Å². The average molecular weight is 245 g/mol. The minimum absolute atomic E-state index is 0.136. The molecule has 1 unspecified atom stereocenters. The normalized spacial score (nSPS) is 12.7. The summed E-state index contributed by atoms with van der Waals surface area (Å²) in [5, 5.41) is 12.4. The first kappa shape index (κ1) is 14.7. The summed E-state index contributed by atoms with van der Waals surface area (Å²) in [7, 11) is 2.12. The number of benzene rings is 1. The van der Waals surface area contributed by atoms with Crippen LogP contribution in [0.3, 0.4) is 0 Å². The van der Waals surface area contributed by atoms with Gasteiger partial charge in [-0.05, 0) is 26.5 Å². The molecular formula is C15H23N3. The van der Waals surface area contributed by atoms with Crippen LogP contribution in [-0.4, -0.2) is 31.1 Å². The summed E-state index contributed by atoms with van der Waals surface area (Å²) in [6, 6.07) is 13.1. The van der Waals surface area contributed by atoms with E-state index < -0.39 is 0 Å². The van der Waals surface area contributed by atoms with Crippen LogP contribution in [0.5, 0.6) is 0 Å². The van der Waals surface area contributed by atoms with Crippen molar-refractivity contribution < 1.29 is 0 Å². The molecule has 18 heavy (non-hydrogen) atoms. The molecule has 1 aromatic rings. The second-order valence-electron chi connectivity index (χ2n) is 4.85. The fourth-order valence-corrected chi connectivity index (χ4v) is 1.76. The zero-order valence-corrected chi connectivity index (χ0v) is 11.6. The molecule has 0 spiro atoms. The molecule has 0 radical (unpaired) electrons. The number of hydrogen-bond donors (Lipinski definition) is 1. The highest BCUT2D eigenvalue weighted by Gasteiger charge is 2.10. The predicted octanol–water partition coefficient (Wildman–Crippen LogP) is 2.57. The zero-order valence-electron chi connectivity index (χ0n) is 11.6. The van der Waals surface area contributed by atoms with Gasteiger partial charge in [0.1, 0.15) is 0 Å². The van der Waals surface area contributed by atoms with E-state index in [0.717, 1.165) is 13.1 Å². The lowest BCUT2D eigenvalue weighted by Gasteiger charge is -2.23. The molecule has 3 heteroatoms. The molecule has 1 aromatic carbocycles. The molecule has 0 aliphatic rings. The molecule has 1 atom stereocenters. The quantitative estimate of drug-likeness (QED) is 0.802. The summed E-state index contributed by atoms with van der Waals surface area (Å²) >= 11 is 0. The molecule has 0 aliphatic heterocycles. The minimum atomic E-state index is 0.136. The molecule has 3 nitrogen and oxygen atoms in total. The number of likely N-dealkylation sites (N-methyl/N-ethyl adjacent to an activating group) is 1. The third-order valence-electron chi connectivity index (χ3n) is 3.23. The van der Waals surface area contributed by atoms with Gasteiger partial charge in [-0.1, -0.05) is 30.3 Å². The average Bonchev–Trinajstić information content (AvgIpc) is 2.38. The van der Waals surface area contributed by atoms with Crippen LogP contribution < -0.4 is 5.32 Å². The summed E-state index contributed by atoms with van der Waals surface area (Å²) in [6.07, 6.45) is 0.509. The van der Waals surface area contributed by atoms with Gasteiger partial charge in [-0.2, -0.15) is 5.26 Å². The van der Waals surface area contributed by atoms with Crippen molar-refractivity contribution in [2.24, 2.45) is 0 Å². The molecule has 0 heterocycles. The van der Waals surface area contributed by atoms with Gasteiger partial charge >= 0.3 is 0 Å². The Morgan fingerprint density at radius 3 is 2.50 bits per heavy atom. The van der Waals surface area contributed by atoms with Crippen LogP contribution in [0, 0.1) is 11.3 Å². The fraction of sp³-hybridized carbons (Fsp3) is 0.533. The van der Waals surface area contributed by atoms with Gasteiger partial charge in [0.05, 0.1) is 12.5 Å². The van der Waals surface area contributed by atoms with Gasteiger partial charge in [0.25, 0.3) is 0 Å². The lowest BCUT2D eigenvalue weighted by molar-refractivity contribution is 0.269. The maximum absolute atomic E-state index is 8.89. The molecule has 0 fully saturated rings. The Morgan fingerprint density at radius 2 is 1.94 bits per heavy atom. The molecular weight excluding hydrogens is 222 g/mol. The van der Waals surface area contributed by atoms with E-state index in [1.165, 1.54) is 5.56 Å². The first-order chi connectivity index (χ1) is 8.65. The van der Waals surface area contributed by atoms with E-state index in [1.54, 1.807) is 0 Å². The molecule has 0 aromatic heterocycles. The maximum atomic E-state index is 8.89. The molecule has 0 amide bonds. The number of rotatable bonds is 7. The van der Waals surface area contributed by atoms with Crippen molar-refractivity contribution >= 4 is 0 Å². The summed E-state index contributed by atoms with van der Waals surface area (Å²) in [5.74, 6) is 0. The third-order valence-corrected chi connectivity index (χ3v) is 3.23. The first-order valence-electron chi connectivity index (χ1n) is 6.50. The summed E-state index contributed by atoms with van der Waals surface area (Å²) < 4.78 is 0. The molecule has 0 aliphatic carbocycles. The Morgan fingerprint density at radius 1 is 1.28 bits per heavy atom. The Balaban J connectivity index is 2.47. The number of nitriles is 1. The van der Waals surface area contributed by atoms with E-state index in [2.05, 4.69) is 49.3 Å². The summed E-state index contributed by atoms with van der Waals surface area (Å²) in [5.41, 5.74) is 1.19. The Labute approximate surface area is 110 Å². The van der Waals surface area contributed by atoms with Gasteiger partial charge < -0.3 is 10.2 Å². The van der Waals surface area contributed by atoms with Crippen LogP contribution >= 0.6 is 0 Å². The first-order valence-corrected chi connectivity index (χ1v) is 6.50. The van der Waals surface area contributed by atoms with Gasteiger partial charge in [-0.15, -0.1) is 0 Å². The van der Waals surface area contributed by atoms with Gasteiger partial charge in [-0.25, -0.2) is 0 Å². The van der Waals surface area contributed by atoms with Crippen molar-refractivity contribution in [1.82, 2.24) is 10.2 Å². The van der Waals surface area contributed by atoms with Crippen molar-refractivity contribution in [2.45, 2.75) is 32.4 Å². The lowest BCUT2D eigenvalue weighted by atomic mass is 10.0. The van der Waals surface area contributed by atoms with Crippen LogP contribution in [0.4, 0.5) is 0 Å². The van der Waals surface area contributed by atoms with Crippen molar-refractivity contribution in [1.29, 1.82) is 5.26 Å². The van der Waals surface area contributed by atoms with Crippen LogP contribution in [0.2, 0.25) is 0 Å². The van der Waals surface area contributed by atoms with E-state index in [9.17, 15) is 0 Å². The van der Waals surface area contributed by atoms with Crippen molar-refractivity contribution in [3.05, 3.63) is 35.9 Å². The van der Waals surface area contributed by atoms with Crippen LogP contribution in [0.1, 0.15) is 31.9 Å². The minimum Gasteiger partial charge on any atom is -0.308 e. The molecule has 98 valence electrons. The van der Waals surface area contributed by atoms with E-state index >= 15 is 0 Å². The van der Waals surface area contributed by atoms with E-state index in [-0.39, 0.29) is 6.04 Å². The monoisotopic (exact) mass is 245 g/mol. The SMILES string of the molecule is CC(C)N(C)CCNC(CC#N)c1ccccc1. The Bertz CT molecular complexity index is 367. The zero-order chi connectivity index (χ0) is 13.4. The highest BCUT2D eigenvalue weighted by Crippen LogP contribution is 2.15. The Kier molecular flexibility index (Phi) is 6.42. The predicted molar refractivity (Wildman–Crippen MR) is 75.2 cm³/mol. The highest BCUT2D eigenvalue weighted by molar-refractivity contribution is 5.19. The Hall–Kier alpha value is -1.37. The standard InChI is InChI=1S/C15H23N3/c1-13(2)18(3)12-11-17-15(9-10-16)14-7-5-4-6-8-14/h4-8,13,15,17H,9,11-12H2,1-3H3. The van der Waals surface area contributed by atoms with Gasteiger partial charge in [0.15, 0.2) is 0 Å². The third kappa shape index (κ3) is 4.87. The summed E-state index contributed by atoms with van der Waals surface area (Å²) in [6.45, 7) is 6.26. The van der Waals surface area contributed by atoms with Crippen molar-refractivity contribution in [3.8, 4) is 6.07 Å². The second-order valence-corrected chi connectivity index (χ2v) is 4.85. The largest absolute Gasteiger partial charge is 0.308 e. The van der Waals surface area contributed by atoms with Gasteiger partial charge in [0, 0.05) is 25.2 Å². The fourth-order valence-electron chi connectivity index (χ4n) is 1.76.